The molecular formula is C22H26FNO4. The van der Waals surface area contributed by atoms with Gasteiger partial charge < -0.3 is 19.5 Å². The number of ether oxygens (including phenoxy) is 3. The number of rotatable bonds is 7. The molecule has 0 bridgehead atoms. The van der Waals surface area contributed by atoms with E-state index in [1.54, 1.807) is 45.4 Å². The summed E-state index contributed by atoms with van der Waals surface area (Å²) >= 11 is 0. The van der Waals surface area contributed by atoms with Gasteiger partial charge in [0.25, 0.3) is 5.91 Å². The molecule has 0 heterocycles. The quantitative estimate of drug-likeness (QED) is 0.768. The van der Waals surface area contributed by atoms with Gasteiger partial charge in [-0.3, -0.25) is 4.79 Å². The minimum absolute atomic E-state index is 0.181. The molecule has 150 valence electrons. The monoisotopic (exact) mass is 387 g/mol. The second-order valence-corrected chi connectivity index (χ2v) is 6.99. The summed E-state index contributed by atoms with van der Waals surface area (Å²) in [5.74, 6) is 0.865. The van der Waals surface area contributed by atoms with Crippen LogP contribution >= 0.6 is 0 Å². The van der Waals surface area contributed by atoms with Gasteiger partial charge in [0.2, 0.25) is 0 Å². The van der Waals surface area contributed by atoms with Gasteiger partial charge in [0.1, 0.15) is 23.1 Å². The SMILES string of the molecule is COc1ccc(-c2cc(F)cc(OC(C)C(=O)NC3CCCC3)c2)c(OC)c1. The number of nitrogens with one attached hydrogen (secondary N) is 1. The standard InChI is InChI=1S/C22H26FNO4/c1-14(22(25)24-17-6-4-5-7-17)28-19-11-15(10-16(23)12-19)20-9-8-18(26-2)13-21(20)27-3/h8-14,17H,4-7H2,1-3H3,(H,24,25). The Labute approximate surface area is 164 Å². The summed E-state index contributed by atoms with van der Waals surface area (Å²) in [5.41, 5.74) is 1.30. The van der Waals surface area contributed by atoms with Crippen molar-refractivity contribution in [2.75, 3.05) is 14.2 Å². The summed E-state index contributed by atoms with van der Waals surface area (Å²) in [7, 11) is 3.12. The number of hydrogen-bond acceptors (Lipinski definition) is 4. The second kappa shape index (κ2) is 8.95. The molecule has 0 saturated heterocycles. The Morgan fingerprint density at radius 1 is 1.07 bits per heavy atom. The largest absolute Gasteiger partial charge is 0.497 e. The average Bonchev–Trinajstić information content (AvgIpc) is 3.19. The molecule has 1 amide bonds. The molecule has 5 nitrogen and oxygen atoms in total. The van der Waals surface area contributed by atoms with Crippen molar-refractivity contribution in [3.05, 3.63) is 42.2 Å². The van der Waals surface area contributed by atoms with Crippen LogP contribution in [0.3, 0.4) is 0 Å². The number of halogens is 1. The zero-order valence-electron chi connectivity index (χ0n) is 16.5. The number of carbonyl (C=O) groups is 1. The third-order valence-electron chi connectivity index (χ3n) is 4.97. The number of methoxy groups -OCH3 is 2. The average molecular weight is 387 g/mol. The summed E-state index contributed by atoms with van der Waals surface area (Å²) in [6.07, 6.45) is 3.56. The van der Waals surface area contributed by atoms with Gasteiger partial charge in [-0.05, 0) is 49.6 Å². The van der Waals surface area contributed by atoms with Crippen LogP contribution in [0.5, 0.6) is 17.2 Å². The van der Waals surface area contributed by atoms with Gasteiger partial charge in [-0.15, -0.1) is 0 Å². The van der Waals surface area contributed by atoms with Crippen LogP contribution in [0.25, 0.3) is 11.1 Å². The Balaban J connectivity index is 1.78. The normalized spacial score (nSPS) is 15.1. The van der Waals surface area contributed by atoms with Gasteiger partial charge in [-0.25, -0.2) is 4.39 Å². The van der Waals surface area contributed by atoms with E-state index >= 15 is 0 Å². The zero-order chi connectivity index (χ0) is 20.1. The molecule has 1 atom stereocenters. The highest BCUT2D eigenvalue weighted by Gasteiger charge is 2.22. The van der Waals surface area contributed by atoms with Crippen molar-refractivity contribution >= 4 is 5.91 Å². The van der Waals surface area contributed by atoms with Crippen LogP contribution in [0.1, 0.15) is 32.6 Å². The first-order valence-electron chi connectivity index (χ1n) is 9.50. The van der Waals surface area contributed by atoms with E-state index in [2.05, 4.69) is 5.32 Å². The van der Waals surface area contributed by atoms with Gasteiger partial charge >= 0.3 is 0 Å². The highest BCUT2D eigenvalue weighted by molar-refractivity contribution is 5.81. The fourth-order valence-corrected chi connectivity index (χ4v) is 3.47. The predicted molar refractivity (Wildman–Crippen MR) is 105 cm³/mol. The lowest BCUT2D eigenvalue weighted by molar-refractivity contribution is -0.127. The second-order valence-electron chi connectivity index (χ2n) is 6.99. The van der Waals surface area contributed by atoms with Crippen LogP contribution in [-0.4, -0.2) is 32.3 Å². The molecule has 6 heteroatoms. The van der Waals surface area contributed by atoms with Crippen molar-refractivity contribution in [3.8, 4) is 28.4 Å². The van der Waals surface area contributed by atoms with Crippen LogP contribution in [0.4, 0.5) is 4.39 Å². The third-order valence-corrected chi connectivity index (χ3v) is 4.97. The lowest BCUT2D eigenvalue weighted by atomic mass is 10.0. The van der Waals surface area contributed by atoms with Gasteiger partial charge in [0.05, 0.1) is 14.2 Å². The first kappa shape index (κ1) is 20.0. The van der Waals surface area contributed by atoms with Gasteiger partial charge in [-0.2, -0.15) is 0 Å². The smallest absolute Gasteiger partial charge is 0.260 e. The van der Waals surface area contributed by atoms with Crippen molar-refractivity contribution in [1.82, 2.24) is 5.32 Å². The summed E-state index contributed by atoms with van der Waals surface area (Å²) < 4.78 is 30.6. The van der Waals surface area contributed by atoms with E-state index in [1.165, 1.54) is 12.1 Å². The van der Waals surface area contributed by atoms with Crippen molar-refractivity contribution in [2.45, 2.75) is 44.8 Å². The van der Waals surface area contributed by atoms with Crippen molar-refractivity contribution in [3.63, 3.8) is 0 Å². The lowest BCUT2D eigenvalue weighted by Crippen LogP contribution is -2.41. The molecule has 1 aliphatic carbocycles. The molecule has 3 rings (SSSR count). The predicted octanol–water partition coefficient (Wildman–Crippen LogP) is 4.34. The zero-order valence-corrected chi connectivity index (χ0v) is 16.5. The molecule has 1 aliphatic rings. The van der Waals surface area contributed by atoms with Crippen molar-refractivity contribution in [1.29, 1.82) is 0 Å². The van der Waals surface area contributed by atoms with Gasteiger partial charge in [0, 0.05) is 23.7 Å². The summed E-state index contributed by atoms with van der Waals surface area (Å²) in [4.78, 5) is 12.4. The molecule has 2 aromatic rings. The Morgan fingerprint density at radius 3 is 2.50 bits per heavy atom. The molecule has 0 spiro atoms. The van der Waals surface area contributed by atoms with Gasteiger partial charge in [-0.1, -0.05) is 12.8 Å². The molecule has 0 radical (unpaired) electrons. The molecule has 1 saturated carbocycles. The summed E-state index contributed by atoms with van der Waals surface area (Å²) in [6.45, 7) is 1.67. The van der Waals surface area contributed by atoms with E-state index < -0.39 is 11.9 Å². The third kappa shape index (κ3) is 4.74. The molecular weight excluding hydrogens is 361 g/mol. The minimum atomic E-state index is -0.715. The molecule has 0 aliphatic heterocycles. The highest BCUT2D eigenvalue weighted by atomic mass is 19.1. The summed E-state index contributed by atoms with van der Waals surface area (Å²) in [5, 5.41) is 3.00. The lowest BCUT2D eigenvalue weighted by Gasteiger charge is -2.19. The van der Waals surface area contributed by atoms with Crippen molar-refractivity contribution in [2.24, 2.45) is 0 Å². The highest BCUT2D eigenvalue weighted by Crippen LogP contribution is 2.35. The fourth-order valence-electron chi connectivity index (χ4n) is 3.47. The van der Waals surface area contributed by atoms with E-state index in [1.807, 2.05) is 0 Å². The minimum Gasteiger partial charge on any atom is -0.497 e. The number of benzene rings is 2. The molecule has 2 aromatic carbocycles. The Hall–Kier alpha value is -2.76. The van der Waals surface area contributed by atoms with Crippen LogP contribution in [0.2, 0.25) is 0 Å². The Morgan fingerprint density at radius 2 is 1.82 bits per heavy atom. The molecule has 1 unspecified atom stereocenters. The first-order valence-corrected chi connectivity index (χ1v) is 9.50. The van der Waals surface area contributed by atoms with Crippen LogP contribution < -0.4 is 19.5 Å². The number of amides is 1. The van der Waals surface area contributed by atoms with E-state index in [9.17, 15) is 9.18 Å². The number of carbonyl (C=O) groups excluding carboxylic acids is 1. The van der Waals surface area contributed by atoms with E-state index in [0.717, 1.165) is 25.7 Å². The topological polar surface area (TPSA) is 56.8 Å². The molecule has 0 aromatic heterocycles. The number of hydrogen-bond donors (Lipinski definition) is 1. The first-order chi connectivity index (χ1) is 13.5. The maximum absolute atomic E-state index is 14.2. The van der Waals surface area contributed by atoms with Crippen LogP contribution in [0, 0.1) is 5.82 Å². The fraction of sp³-hybridized carbons (Fsp3) is 0.409. The maximum atomic E-state index is 14.2. The van der Waals surface area contributed by atoms with Crippen molar-refractivity contribution < 1.29 is 23.4 Å². The summed E-state index contributed by atoms with van der Waals surface area (Å²) in [6, 6.07) is 9.91. The van der Waals surface area contributed by atoms with E-state index in [-0.39, 0.29) is 11.9 Å². The van der Waals surface area contributed by atoms with Gasteiger partial charge in [0.15, 0.2) is 6.10 Å². The molecule has 1 N–H and O–H groups in total. The van der Waals surface area contributed by atoms with Crippen LogP contribution in [0.15, 0.2) is 36.4 Å². The molecule has 28 heavy (non-hydrogen) atoms. The molecule has 1 fully saturated rings. The van der Waals surface area contributed by atoms with E-state index in [4.69, 9.17) is 14.2 Å². The van der Waals surface area contributed by atoms with Crippen LogP contribution in [-0.2, 0) is 4.79 Å². The van der Waals surface area contributed by atoms with E-state index in [0.29, 0.717) is 28.4 Å². The maximum Gasteiger partial charge on any atom is 0.260 e. The Bertz CT molecular complexity index is 833. The Kier molecular flexibility index (Phi) is 6.39.